The van der Waals surface area contributed by atoms with Crippen molar-refractivity contribution in [1.29, 1.82) is 0 Å². The van der Waals surface area contributed by atoms with Crippen LogP contribution in [0.2, 0.25) is 0 Å². The van der Waals surface area contributed by atoms with E-state index in [1.165, 1.54) is 0 Å². The number of hydrogen-bond acceptors (Lipinski definition) is 3. The second-order valence-corrected chi connectivity index (χ2v) is 3.77. The van der Waals surface area contributed by atoms with Crippen LogP contribution >= 0.6 is 0 Å². The minimum absolute atomic E-state index is 0.0736. The van der Waals surface area contributed by atoms with Crippen molar-refractivity contribution >= 4 is 0 Å². The summed E-state index contributed by atoms with van der Waals surface area (Å²) in [6.45, 7) is 5.99. The molecule has 0 fully saturated rings. The third kappa shape index (κ3) is 3.51. The first-order valence-corrected chi connectivity index (χ1v) is 5.41. The summed E-state index contributed by atoms with van der Waals surface area (Å²) in [4.78, 5) is 4.23. The third-order valence-corrected chi connectivity index (χ3v) is 2.24. The maximum atomic E-state index is 9.14. The van der Waals surface area contributed by atoms with Crippen LogP contribution in [0.5, 0.6) is 5.75 Å². The molecule has 0 aliphatic rings. The van der Waals surface area contributed by atoms with Gasteiger partial charge in [-0.25, -0.2) is 0 Å². The molecule has 1 unspecified atom stereocenters. The van der Waals surface area contributed by atoms with Crippen molar-refractivity contribution in [2.75, 3.05) is 0 Å². The van der Waals surface area contributed by atoms with E-state index in [0.717, 1.165) is 18.5 Å². The number of nitrogens with zero attached hydrogens (tertiary/aromatic N) is 1. The minimum Gasteiger partial charge on any atom is -0.489 e. The Labute approximate surface area is 91.1 Å². The lowest BCUT2D eigenvalue weighted by atomic mass is 10.2. The van der Waals surface area contributed by atoms with Gasteiger partial charge < -0.3 is 9.84 Å². The number of aryl methyl sites for hydroxylation is 1. The van der Waals surface area contributed by atoms with Crippen molar-refractivity contribution in [3.05, 3.63) is 23.5 Å². The van der Waals surface area contributed by atoms with Crippen molar-refractivity contribution in [1.82, 2.24) is 4.98 Å². The molecule has 0 saturated carbocycles. The van der Waals surface area contributed by atoms with Gasteiger partial charge in [-0.3, -0.25) is 4.98 Å². The lowest BCUT2D eigenvalue weighted by molar-refractivity contribution is 0.197. The van der Waals surface area contributed by atoms with E-state index in [1.807, 2.05) is 26.0 Å². The highest BCUT2D eigenvalue weighted by Crippen LogP contribution is 2.19. The molecule has 0 aliphatic carbocycles. The molecular formula is C12H19NO2. The van der Waals surface area contributed by atoms with Gasteiger partial charge in [0.25, 0.3) is 0 Å². The van der Waals surface area contributed by atoms with Gasteiger partial charge in [-0.05, 0) is 32.4 Å². The molecule has 0 radical (unpaired) electrons. The Kier molecular flexibility index (Phi) is 4.56. The van der Waals surface area contributed by atoms with Crippen molar-refractivity contribution in [3.8, 4) is 5.75 Å². The topological polar surface area (TPSA) is 42.4 Å². The minimum atomic E-state index is -0.0736. The van der Waals surface area contributed by atoms with Crippen LogP contribution in [-0.4, -0.2) is 16.2 Å². The smallest absolute Gasteiger partial charge is 0.143 e. The van der Waals surface area contributed by atoms with E-state index in [2.05, 4.69) is 11.9 Å². The van der Waals surface area contributed by atoms with E-state index in [0.29, 0.717) is 11.4 Å². The zero-order chi connectivity index (χ0) is 11.3. The van der Waals surface area contributed by atoms with Gasteiger partial charge in [0.1, 0.15) is 11.4 Å². The Morgan fingerprint density at radius 2 is 2.20 bits per heavy atom. The van der Waals surface area contributed by atoms with E-state index in [9.17, 15) is 0 Å². The average molecular weight is 209 g/mol. The summed E-state index contributed by atoms with van der Waals surface area (Å²) in [5.74, 6) is 0.698. The van der Waals surface area contributed by atoms with Gasteiger partial charge in [-0.2, -0.15) is 0 Å². The highest BCUT2D eigenvalue weighted by atomic mass is 16.5. The molecule has 1 heterocycles. The molecule has 0 amide bonds. The average Bonchev–Trinajstić information content (AvgIpc) is 2.21. The molecule has 1 atom stereocenters. The molecule has 1 aromatic rings. The summed E-state index contributed by atoms with van der Waals surface area (Å²) in [5.41, 5.74) is 1.52. The molecule has 3 heteroatoms. The van der Waals surface area contributed by atoms with E-state index in [4.69, 9.17) is 9.84 Å². The second-order valence-electron chi connectivity index (χ2n) is 3.77. The maximum absolute atomic E-state index is 9.14. The van der Waals surface area contributed by atoms with Crippen LogP contribution in [0.25, 0.3) is 0 Å². The molecule has 1 rings (SSSR count). The first-order valence-electron chi connectivity index (χ1n) is 5.41. The quantitative estimate of drug-likeness (QED) is 0.810. The zero-order valence-corrected chi connectivity index (χ0v) is 9.66. The van der Waals surface area contributed by atoms with E-state index >= 15 is 0 Å². The fourth-order valence-electron chi connectivity index (χ4n) is 1.50. The molecule has 0 spiro atoms. The zero-order valence-electron chi connectivity index (χ0n) is 9.66. The SMILES string of the molecule is CCCC(C)Oc1ccc(C)nc1CO. The highest BCUT2D eigenvalue weighted by Gasteiger charge is 2.08. The van der Waals surface area contributed by atoms with Crippen LogP contribution in [0, 0.1) is 6.92 Å². The monoisotopic (exact) mass is 209 g/mol. The van der Waals surface area contributed by atoms with Crippen molar-refractivity contribution in [2.24, 2.45) is 0 Å². The Hall–Kier alpha value is -1.09. The van der Waals surface area contributed by atoms with Gasteiger partial charge in [0.05, 0.1) is 12.7 Å². The number of aromatic nitrogens is 1. The number of ether oxygens (including phenoxy) is 1. The fourth-order valence-corrected chi connectivity index (χ4v) is 1.50. The van der Waals surface area contributed by atoms with Crippen LogP contribution in [0.1, 0.15) is 38.1 Å². The second kappa shape index (κ2) is 5.71. The van der Waals surface area contributed by atoms with Gasteiger partial charge in [-0.1, -0.05) is 13.3 Å². The Morgan fingerprint density at radius 3 is 2.80 bits per heavy atom. The fraction of sp³-hybridized carbons (Fsp3) is 0.583. The lowest BCUT2D eigenvalue weighted by Crippen LogP contribution is -2.13. The molecule has 0 bridgehead atoms. The van der Waals surface area contributed by atoms with Gasteiger partial charge in [-0.15, -0.1) is 0 Å². The summed E-state index contributed by atoms with van der Waals surface area (Å²) in [7, 11) is 0. The molecule has 15 heavy (non-hydrogen) atoms. The molecule has 0 aromatic carbocycles. The number of aliphatic hydroxyl groups is 1. The number of aliphatic hydroxyl groups excluding tert-OH is 1. The number of rotatable bonds is 5. The Bertz CT molecular complexity index is 312. The lowest BCUT2D eigenvalue weighted by Gasteiger charge is -2.15. The number of pyridine rings is 1. The van der Waals surface area contributed by atoms with Gasteiger partial charge in [0.2, 0.25) is 0 Å². The largest absolute Gasteiger partial charge is 0.489 e. The summed E-state index contributed by atoms with van der Waals surface area (Å²) < 4.78 is 5.71. The van der Waals surface area contributed by atoms with Crippen LogP contribution in [0.4, 0.5) is 0 Å². The number of hydrogen-bond donors (Lipinski definition) is 1. The predicted octanol–water partition coefficient (Wildman–Crippen LogP) is 2.45. The molecule has 0 saturated heterocycles. The molecule has 1 aromatic heterocycles. The van der Waals surface area contributed by atoms with Gasteiger partial charge in [0.15, 0.2) is 0 Å². The highest BCUT2D eigenvalue weighted by molar-refractivity contribution is 5.28. The van der Waals surface area contributed by atoms with E-state index in [-0.39, 0.29) is 12.7 Å². The van der Waals surface area contributed by atoms with E-state index < -0.39 is 0 Å². The summed E-state index contributed by atoms with van der Waals surface area (Å²) in [6, 6.07) is 3.77. The molecular weight excluding hydrogens is 190 g/mol. The molecule has 0 aliphatic heterocycles. The molecule has 84 valence electrons. The van der Waals surface area contributed by atoms with Crippen LogP contribution in [-0.2, 0) is 6.61 Å². The standard InChI is InChI=1S/C12H19NO2/c1-4-5-10(3)15-12-7-6-9(2)13-11(12)8-14/h6-7,10,14H,4-5,8H2,1-3H3. The summed E-state index contributed by atoms with van der Waals surface area (Å²) in [5, 5.41) is 9.14. The van der Waals surface area contributed by atoms with Crippen molar-refractivity contribution in [3.63, 3.8) is 0 Å². The third-order valence-electron chi connectivity index (χ3n) is 2.24. The first kappa shape index (κ1) is 12.0. The van der Waals surface area contributed by atoms with Crippen LogP contribution < -0.4 is 4.74 Å². The summed E-state index contributed by atoms with van der Waals surface area (Å²) in [6.07, 6.45) is 2.28. The Balaban J connectivity index is 2.75. The predicted molar refractivity (Wildman–Crippen MR) is 59.9 cm³/mol. The normalized spacial score (nSPS) is 12.5. The summed E-state index contributed by atoms with van der Waals surface area (Å²) >= 11 is 0. The van der Waals surface area contributed by atoms with Crippen molar-refractivity contribution in [2.45, 2.75) is 46.3 Å². The van der Waals surface area contributed by atoms with E-state index in [1.54, 1.807) is 0 Å². The first-order chi connectivity index (χ1) is 7.17. The Morgan fingerprint density at radius 1 is 1.47 bits per heavy atom. The van der Waals surface area contributed by atoms with Crippen LogP contribution in [0.3, 0.4) is 0 Å². The van der Waals surface area contributed by atoms with Crippen LogP contribution in [0.15, 0.2) is 12.1 Å². The van der Waals surface area contributed by atoms with Gasteiger partial charge >= 0.3 is 0 Å². The maximum Gasteiger partial charge on any atom is 0.143 e. The van der Waals surface area contributed by atoms with Crippen molar-refractivity contribution < 1.29 is 9.84 Å². The molecule has 3 nitrogen and oxygen atoms in total. The molecule has 1 N–H and O–H groups in total. The van der Waals surface area contributed by atoms with Gasteiger partial charge in [0, 0.05) is 5.69 Å².